The van der Waals surface area contributed by atoms with Crippen LogP contribution in [0.15, 0.2) is 46.9 Å². The number of hydrogen-bond donors (Lipinski definition) is 0. The van der Waals surface area contributed by atoms with Gasteiger partial charge in [0.1, 0.15) is 17.1 Å². The summed E-state index contributed by atoms with van der Waals surface area (Å²) < 4.78 is 0.712. The van der Waals surface area contributed by atoms with E-state index in [1.807, 2.05) is 0 Å². The molecule has 0 aliphatic carbocycles. The zero-order chi connectivity index (χ0) is 17.1. The first-order valence-electron chi connectivity index (χ1n) is 6.16. The Morgan fingerprint density at radius 1 is 0.958 bits per heavy atom. The fourth-order valence-corrected chi connectivity index (χ4v) is 2.24. The molecule has 116 valence electrons. The molecule has 0 saturated heterocycles. The van der Waals surface area contributed by atoms with Gasteiger partial charge in [-0.2, -0.15) is 0 Å². The van der Waals surface area contributed by atoms with Crippen molar-refractivity contribution in [3.63, 3.8) is 0 Å². The van der Waals surface area contributed by atoms with Gasteiger partial charge in [0, 0.05) is 10.0 Å². The molecule has 0 atom stereocenters. The van der Waals surface area contributed by atoms with E-state index in [-0.39, 0.29) is 40.7 Å². The Labute approximate surface area is 166 Å². The molecule has 0 aliphatic rings. The summed E-state index contributed by atoms with van der Waals surface area (Å²) in [6, 6.07) is 9.38. The molecule has 0 bridgehead atoms. The van der Waals surface area contributed by atoms with E-state index < -0.39 is 33.7 Å². The van der Waals surface area contributed by atoms with Crippen molar-refractivity contribution < 1.29 is 54.0 Å². The number of carbonyl (C=O) groups excluding carboxylic acids is 3. The van der Waals surface area contributed by atoms with Crippen molar-refractivity contribution in [2.45, 2.75) is 0 Å². The van der Waals surface area contributed by atoms with E-state index in [2.05, 4.69) is 15.9 Å². The second-order valence-electron chi connectivity index (χ2n) is 4.41. The number of benzene rings is 2. The first-order valence-corrected chi connectivity index (χ1v) is 6.95. The fraction of sp³-hybridized carbons (Fsp3) is 0. The molecule has 7 nitrogen and oxygen atoms in total. The largest absolute Gasteiger partial charge is 1.00 e. The molecular weight excluding hydrogens is 393 g/mol. The van der Waals surface area contributed by atoms with Crippen molar-refractivity contribution >= 4 is 39.2 Å². The quantitative estimate of drug-likeness (QED) is 0.199. The smallest absolute Gasteiger partial charge is 0.541 e. The number of nitro benzene ring substituents is 1. The number of aliphatic carboxylic acids is 1. The fourth-order valence-electron chi connectivity index (χ4n) is 1.97. The molecule has 0 spiro atoms. The van der Waals surface area contributed by atoms with Crippen LogP contribution in [0.3, 0.4) is 0 Å². The van der Waals surface area contributed by atoms with Gasteiger partial charge in [0.05, 0.1) is 4.92 Å². The summed E-state index contributed by atoms with van der Waals surface area (Å²) >= 11 is 3.20. The number of carboxylic acids is 1. The monoisotopic (exact) mass is 399 g/mol. The molecule has 0 radical (unpaired) electrons. The van der Waals surface area contributed by atoms with Crippen LogP contribution < -0.4 is 34.7 Å². The van der Waals surface area contributed by atoms with Gasteiger partial charge in [-0.1, -0.05) is 22.0 Å². The van der Waals surface area contributed by atoms with E-state index in [1.165, 1.54) is 18.2 Å². The van der Waals surface area contributed by atoms with Crippen molar-refractivity contribution in [3.05, 3.63) is 73.7 Å². The predicted octanol–water partition coefficient (Wildman–Crippen LogP) is -1.48. The molecule has 0 aromatic heterocycles. The maximum absolute atomic E-state index is 12.4. The maximum atomic E-state index is 12.4. The Bertz CT molecular complexity index is 834. The molecule has 0 amide bonds. The molecule has 0 saturated carbocycles. The number of ketones is 2. The molecule has 0 aliphatic heterocycles. The molecule has 2 rings (SSSR count). The van der Waals surface area contributed by atoms with Gasteiger partial charge in [0.15, 0.2) is 5.78 Å². The van der Waals surface area contributed by atoms with E-state index in [0.29, 0.717) is 4.47 Å². The summed E-state index contributed by atoms with van der Waals surface area (Å²) in [5.74, 6) is -4.33. The topological polar surface area (TPSA) is 117 Å². The third-order valence-corrected chi connectivity index (χ3v) is 3.53. The summed E-state index contributed by atoms with van der Waals surface area (Å²) in [7, 11) is 0. The number of nitro groups is 1. The van der Waals surface area contributed by atoms with Crippen LogP contribution in [0.2, 0.25) is 0 Å². The van der Waals surface area contributed by atoms with Crippen LogP contribution >= 0.6 is 15.9 Å². The van der Waals surface area contributed by atoms with Crippen molar-refractivity contribution in [3.8, 4) is 0 Å². The summed E-state index contributed by atoms with van der Waals surface area (Å²) in [6.45, 7) is 0. The number of carboxylic acid groups (broad SMARTS) is 1. The summed E-state index contributed by atoms with van der Waals surface area (Å²) in [6.07, 6.45) is 0. The van der Waals surface area contributed by atoms with Gasteiger partial charge in [0.2, 0.25) is 5.78 Å². The minimum atomic E-state index is -2.08. The molecule has 0 N–H and O–H groups in total. The van der Waals surface area contributed by atoms with Crippen molar-refractivity contribution in [1.29, 1.82) is 0 Å². The van der Waals surface area contributed by atoms with E-state index in [1.54, 1.807) is 12.1 Å². The Morgan fingerprint density at radius 3 is 2.00 bits per heavy atom. The number of carbonyl (C=O) groups is 3. The van der Waals surface area contributed by atoms with Gasteiger partial charge < -0.3 is 9.90 Å². The number of para-hydroxylation sites is 1. The number of hydrogen-bond acceptors (Lipinski definition) is 6. The minimum Gasteiger partial charge on any atom is -0.541 e. The maximum Gasteiger partial charge on any atom is 1.00 e. The van der Waals surface area contributed by atoms with Crippen LogP contribution in [0, 0.1) is 10.1 Å². The summed E-state index contributed by atoms with van der Waals surface area (Å²) in [4.78, 5) is 44.9. The minimum absolute atomic E-state index is 0. The molecule has 0 fully saturated rings. The summed E-state index contributed by atoms with van der Waals surface area (Å²) in [5, 5.41) is 21.9. The SMILES string of the molecule is O=C([O-])C(=O)c1cccc(C(=O)c2ccc(Br)cc2)c1[N+](=O)[O-].[Na+]. The average Bonchev–Trinajstić information content (AvgIpc) is 2.53. The Hall–Kier alpha value is -1.87. The average molecular weight is 400 g/mol. The molecule has 2 aromatic carbocycles. The van der Waals surface area contributed by atoms with Gasteiger partial charge >= 0.3 is 29.6 Å². The number of nitrogens with zero attached hydrogens (tertiary/aromatic N) is 1. The van der Waals surface area contributed by atoms with Crippen molar-refractivity contribution in [1.82, 2.24) is 0 Å². The van der Waals surface area contributed by atoms with Crippen LogP contribution in [0.4, 0.5) is 5.69 Å². The number of rotatable bonds is 5. The Kier molecular flexibility index (Phi) is 6.97. The van der Waals surface area contributed by atoms with E-state index >= 15 is 0 Å². The number of Topliss-reactive ketones (excluding diaryl/α,β-unsaturated/α-hetero) is 1. The zero-order valence-corrected chi connectivity index (χ0v) is 15.9. The van der Waals surface area contributed by atoms with Gasteiger partial charge in [0.25, 0.3) is 5.69 Å². The molecule has 2 aromatic rings. The van der Waals surface area contributed by atoms with Crippen molar-refractivity contribution in [2.24, 2.45) is 0 Å². The molecule has 0 unspecified atom stereocenters. The summed E-state index contributed by atoms with van der Waals surface area (Å²) in [5.41, 5.74) is -1.76. The normalized spacial score (nSPS) is 9.71. The van der Waals surface area contributed by atoms with Crippen LogP contribution in [0.1, 0.15) is 26.3 Å². The van der Waals surface area contributed by atoms with Gasteiger partial charge in [-0.05, 0) is 36.4 Å². The third-order valence-electron chi connectivity index (χ3n) is 3.00. The van der Waals surface area contributed by atoms with E-state index in [0.717, 1.165) is 12.1 Å². The predicted molar refractivity (Wildman–Crippen MR) is 80.0 cm³/mol. The van der Waals surface area contributed by atoms with Gasteiger partial charge in [-0.15, -0.1) is 0 Å². The molecule has 24 heavy (non-hydrogen) atoms. The van der Waals surface area contributed by atoms with Crippen LogP contribution in [0.5, 0.6) is 0 Å². The van der Waals surface area contributed by atoms with Crippen LogP contribution in [0.25, 0.3) is 0 Å². The standard InChI is InChI=1S/C15H8BrNO6.Na/c16-9-6-4-8(5-7-9)13(18)10-2-1-3-11(12(10)17(22)23)14(19)15(20)21;/h1-7H,(H,20,21);/q;+1/p-1. The molecule has 0 heterocycles. The first-order chi connectivity index (χ1) is 10.8. The van der Waals surface area contributed by atoms with Gasteiger partial charge in [-0.3, -0.25) is 19.7 Å². The second kappa shape index (κ2) is 8.29. The van der Waals surface area contributed by atoms with Crippen LogP contribution in [-0.4, -0.2) is 22.5 Å². The molecule has 9 heteroatoms. The third kappa shape index (κ3) is 4.15. The van der Waals surface area contributed by atoms with Gasteiger partial charge in [-0.25, -0.2) is 0 Å². The first kappa shape index (κ1) is 20.2. The zero-order valence-electron chi connectivity index (χ0n) is 12.3. The second-order valence-corrected chi connectivity index (χ2v) is 5.33. The molecular formula is C15H7BrNNaO6. The van der Waals surface area contributed by atoms with Crippen molar-refractivity contribution in [2.75, 3.05) is 0 Å². The Morgan fingerprint density at radius 2 is 1.50 bits per heavy atom. The number of halogens is 1. The van der Waals surface area contributed by atoms with E-state index in [9.17, 15) is 29.6 Å². The Balaban J connectivity index is 0.00000288. The van der Waals surface area contributed by atoms with E-state index in [4.69, 9.17) is 0 Å². The van der Waals surface area contributed by atoms with Crippen LogP contribution in [-0.2, 0) is 4.79 Å².